The molecule has 3 rings (SSSR count). The lowest BCUT2D eigenvalue weighted by Crippen LogP contribution is -2.44. The minimum atomic E-state index is 0.621. The van der Waals surface area contributed by atoms with Crippen molar-refractivity contribution in [3.63, 3.8) is 0 Å². The van der Waals surface area contributed by atoms with Gasteiger partial charge in [-0.2, -0.15) is 0 Å². The molecule has 2 aromatic rings. The number of benzene rings is 1. The van der Waals surface area contributed by atoms with Gasteiger partial charge in [0.25, 0.3) is 0 Å². The topological polar surface area (TPSA) is 32.5 Å². The van der Waals surface area contributed by atoms with Gasteiger partial charge in [-0.1, -0.05) is 23.7 Å². The number of halogens is 1. The zero-order valence-corrected chi connectivity index (χ0v) is 13.9. The molecule has 0 spiro atoms. The van der Waals surface area contributed by atoms with Crippen molar-refractivity contribution in [2.75, 3.05) is 27.2 Å². The summed E-state index contributed by atoms with van der Waals surface area (Å²) in [7, 11) is 4.30. The molecule has 1 unspecified atom stereocenters. The van der Waals surface area contributed by atoms with Crippen molar-refractivity contribution >= 4 is 11.6 Å². The fourth-order valence-electron chi connectivity index (χ4n) is 2.95. The summed E-state index contributed by atoms with van der Waals surface area (Å²) in [5.74, 6) is 1.55. The number of likely N-dealkylation sites (N-methyl/N-ethyl adjacent to an activating group) is 1. The van der Waals surface area contributed by atoms with Crippen LogP contribution < -0.4 is 0 Å². The molecular weight excluding hydrogens is 298 g/mol. The van der Waals surface area contributed by atoms with Crippen molar-refractivity contribution in [1.29, 1.82) is 0 Å². The summed E-state index contributed by atoms with van der Waals surface area (Å²) in [5.41, 5.74) is 0.969. The molecule has 1 aliphatic rings. The van der Waals surface area contributed by atoms with Gasteiger partial charge < -0.3 is 9.32 Å². The Balaban J connectivity index is 1.67. The zero-order valence-electron chi connectivity index (χ0n) is 13.1. The molecule has 5 heteroatoms. The average Bonchev–Trinajstić information content (AvgIpc) is 2.96. The molecule has 0 bridgehead atoms. The molecule has 22 heavy (non-hydrogen) atoms. The molecule has 0 N–H and O–H groups in total. The summed E-state index contributed by atoms with van der Waals surface area (Å²) in [6.45, 7) is 2.95. The molecule has 1 aromatic heterocycles. The van der Waals surface area contributed by atoms with E-state index in [9.17, 15) is 0 Å². The molecule has 0 amide bonds. The Morgan fingerprint density at radius 2 is 2.27 bits per heavy atom. The second-order valence-electron chi connectivity index (χ2n) is 6.12. The molecule has 2 heterocycles. The number of oxazole rings is 1. The predicted octanol–water partition coefficient (Wildman–Crippen LogP) is 3.52. The maximum Gasteiger partial charge on any atom is 0.209 e. The van der Waals surface area contributed by atoms with Gasteiger partial charge >= 0.3 is 0 Å². The van der Waals surface area contributed by atoms with Gasteiger partial charge in [-0.25, -0.2) is 4.98 Å². The number of hydrogen-bond donors (Lipinski definition) is 0. The van der Waals surface area contributed by atoms with Crippen LogP contribution in [0.1, 0.15) is 18.7 Å². The Labute approximate surface area is 136 Å². The Morgan fingerprint density at radius 1 is 1.41 bits per heavy atom. The van der Waals surface area contributed by atoms with E-state index in [1.807, 2.05) is 24.3 Å². The van der Waals surface area contributed by atoms with Gasteiger partial charge in [0.05, 0.1) is 12.7 Å². The van der Waals surface area contributed by atoms with Gasteiger partial charge in [0, 0.05) is 23.2 Å². The van der Waals surface area contributed by atoms with E-state index in [0.717, 1.165) is 36.8 Å². The first-order chi connectivity index (χ1) is 10.6. The fourth-order valence-corrected chi connectivity index (χ4v) is 3.14. The van der Waals surface area contributed by atoms with Crippen molar-refractivity contribution in [3.8, 4) is 11.3 Å². The van der Waals surface area contributed by atoms with Crippen molar-refractivity contribution < 1.29 is 4.42 Å². The highest BCUT2D eigenvalue weighted by Gasteiger charge is 2.22. The van der Waals surface area contributed by atoms with Gasteiger partial charge in [0.1, 0.15) is 0 Å². The molecule has 0 aliphatic carbocycles. The Bertz CT molecular complexity index is 626. The van der Waals surface area contributed by atoms with Crippen LogP contribution >= 0.6 is 11.6 Å². The van der Waals surface area contributed by atoms with Crippen LogP contribution in [0, 0.1) is 0 Å². The summed E-state index contributed by atoms with van der Waals surface area (Å²) in [5, 5.41) is 0.709. The third kappa shape index (κ3) is 3.69. The van der Waals surface area contributed by atoms with E-state index in [0.29, 0.717) is 11.1 Å². The summed E-state index contributed by atoms with van der Waals surface area (Å²) in [4.78, 5) is 9.14. The van der Waals surface area contributed by atoms with Gasteiger partial charge in [-0.05, 0) is 45.6 Å². The highest BCUT2D eigenvalue weighted by molar-refractivity contribution is 6.30. The highest BCUT2D eigenvalue weighted by atomic mass is 35.5. The Morgan fingerprint density at radius 3 is 3.05 bits per heavy atom. The predicted molar refractivity (Wildman–Crippen MR) is 88.9 cm³/mol. The van der Waals surface area contributed by atoms with E-state index in [4.69, 9.17) is 16.0 Å². The number of piperidine rings is 1. The number of likely N-dealkylation sites (tertiary alicyclic amines) is 1. The van der Waals surface area contributed by atoms with E-state index >= 15 is 0 Å². The highest BCUT2D eigenvalue weighted by Crippen LogP contribution is 2.24. The van der Waals surface area contributed by atoms with Crippen LogP contribution in [-0.4, -0.2) is 48.0 Å². The lowest BCUT2D eigenvalue weighted by atomic mass is 10.1. The standard InChI is InChI=1S/C17H22ClN3O/c1-20(2)15-7-4-8-21(11-15)12-17-19-10-16(22-17)13-5-3-6-14(18)9-13/h3,5-6,9-10,15H,4,7-8,11-12H2,1-2H3. The molecule has 1 fully saturated rings. The van der Waals surface area contributed by atoms with Crippen molar-refractivity contribution in [2.24, 2.45) is 0 Å². The van der Waals surface area contributed by atoms with Crippen LogP contribution in [0.2, 0.25) is 5.02 Å². The van der Waals surface area contributed by atoms with Crippen LogP contribution in [0.5, 0.6) is 0 Å². The lowest BCUT2D eigenvalue weighted by molar-refractivity contribution is 0.120. The van der Waals surface area contributed by atoms with Gasteiger partial charge in [0.15, 0.2) is 5.76 Å². The zero-order chi connectivity index (χ0) is 15.5. The first-order valence-electron chi connectivity index (χ1n) is 7.71. The SMILES string of the molecule is CN(C)C1CCCN(Cc2ncc(-c3cccc(Cl)c3)o2)C1. The average molecular weight is 320 g/mol. The second-order valence-corrected chi connectivity index (χ2v) is 6.56. The van der Waals surface area contributed by atoms with Crippen LogP contribution in [0.4, 0.5) is 0 Å². The minimum absolute atomic E-state index is 0.621. The maximum absolute atomic E-state index is 6.03. The molecule has 1 saturated heterocycles. The van der Waals surface area contributed by atoms with E-state index < -0.39 is 0 Å². The fraction of sp³-hybridized carbons (Fsp3) is 0.471. The molecule has 1 aliphatic heterocycles. The summed E-state index contributed by atoms with van der Waals surface area (Å²) in [6, 6.07) is 8.29. The van der Waals surface area contributed by atoms with Gasteiger partial charge in [-0.3, -0.25) is 4.90 Å². The Kier molecular flexibility index (Phi) is 4.81. The van der Waals surface area contributed by atoms with E-state index in [1.165, 1.54) is 12.8 Å². The second kappa shape index (κ2) is 6.82. The monoisotopic (exact) mass is 319 g/mol. The van der Waals surface area contributed by atoms with Crippen molar-refractivity contribution in [1.82, 2.24) is 14.8 Å². The third-order valence-corrected chi connectivity index (χ3v) is 4.47. The minimum Gasteiger partial charge on any atom is -0.439 e. The lowest BCUT2D eigenvalue weighted by Gasteiger charge is -2.35. The molecule has 0 saturated carbocycles. The molecule has 118 valence electrons. The van der Waals surface area contributed by atoms with E-state index in [1.54, 1.807) is 6.20 Å². The smallest absolute Gasteiger partial charge is 0.209 e. The summed E-state index contributed by atoms with van der Waals surface area (Å²) in [6.07, 6.45) is 4.28. The largest absolute Gasteiger partial charge is 0.439 e. The Hall–Kier alpha value is -1.36. The first-order valence-corrected chi connectivity index (χ1v) is 8.09. The third-order valence-electron chi connectivity index (χ3n) is 4.23. The van der Waals surface area contributed by atoms with Gasteiger partial charge in [0.2, 0.25) is 5.89 Å². The van der Waals surface area contributed by atoms with Crippen LogP contribution in [-0.2, 0) is 6.54 Å². The summed E-state index contributed by atoms with van der Waals surface area (Å²) >= 11 is 6.03. The number of rotatable bonds is 4. The molecule has 1 aromatic carbocycles. The maximum atomic E-state index is 6.03. The molecule has 0 radical (unpaired) electrons. The quantitative estimate of drug-likeness (QED) is 0.863. The normalized spacial score (nSPS) is 19.7. The van der Waals surface area contributed by atoms with E-state index in [2.05, 4.69) is 28.9 Å². The molecule has 1 atom stereocenters. The van der Waals surface area contributed by atoms with Crippen LogP contribution in [0.25, 0.3) is 11.3 Å². The molecular formula is C17H22ClN3O. The van der Waals surface area contributed by atoms with Gasteiger partial charge in [-0.15, -0.1) is 0 Å². The first kappa shape index (κ1) is 15.5. The van der Waals surface area contributed by atoms with Crippen LogP contribution in [0.3, 0.4) is 0 Å². The van der Waals surface area contributed by atoms with Crippen molar-refractivity contribution in [2.45, 2.75) is 25.4 Å². The summed E-state index contributed by atoms with van der Waals surface area (Å²) < 4.78 is 5.90. The number of hydrogen-bond acceptors (Lipinski definition) is 4. The number of nitrogens with zero attached hydrogens (tertiary/aromatic N) is 3. The molecule has 4 nitrogen and oxygen atoms in total. The van der Waals surface area contributed by atoms with E-state index in [-0.39, 0.29) is 0 Å². The van der Waals surface area contributed by atoms with Crippen molar-refractivity contribution in [3.05, 3.63) is 41.4 Å². The number of aromatic nitrogens is 1. The van der Waals surface area contributed by atoms with Crippen LogP contribution in [0.15, 0.2) is 34.9 Å².